The second-order valence-corrected chi connectivity index (χ2v) is 18.6. The van der Waals surface area contributed by atoms with Gasteiger partial charge < -0.3 is 39.4 Å². The van der Waals surface area contributed by atoms with Gasteiger partial charge in [0.25, 0.3) is 0 Å². The summed E-state index contributed by atoms with van der Waals surface area (Å²) in [6, 6.07) is 0. The number of hydrogen-bond acceptors (Lipinski definition) is 10. The van der Waals surface area contributed by atoms with E-state index in [0.717, 1.165) is 64.2 Å². The van der Waals surface area contributed by atoms with Crippen LogP contribution in [-0.2, 0) is 28.5 Å². The van der Waals surface area contributed by atoms with Crippen molar-refractivity contribution in [1.29, 1.82) is 0 Å². The van der Waals surface area contributed by atoms with Crippen LogP contribution in [0.3, 0.4) is 0 Å². The molecule has 17 atom stereocenters. The molecule has 0 amide bonds. The normalized spacial score (nSPS) is 52.4. The highest BCUT2D eigenvalue weighted by atomic mass is 16.6. The van der Waals surface area contributed by atoms with Crippen LogP contribution in [0.25, 0.3) is 0 Å². The molecule has 0 aromatic carbocycles. The third kappa shape index (κ3) is 6.33. The lowest BCUT2D eigenvalue weighted by atomic mass is 9.46. The first-order valence-electron chi connectivity index (χ1n) is 19.5. The Morgan fingerprint density at radius 3 is 1.82 bits per heavy atom. The lowest BCUT2D eigenvalue weighted by Gasteiger charge is -2.61. The lowest BCUT2D eigenvalue weighted by Crippen LogP contribution is -2.61. The highest BCUT2D eigenvalue weighted by Crippen LogP contribution is 2.64. The fourth-order valence-electron chi connectivity index (χ4n) is 13.0. The molecule has 10 heteroatoms. The van der Waals surface area contributed by atoms with Crippen molar-refractivity contribution < 1.29 is 49.0 Å². The van der Waals surface area contributed by atoms with Gasteiger partial charge in [-0.3, -0.25) is 9.59 Å². The minimum Gasteiger partial charge on any atom is -0.459 e. The molecule has 8 aliphatic rings. The Balaban J connectivity index is 0.000000172. The maximum Gasteiger partial charge on any atom is 0.303 e. The number of esters is 2. The van der Waals surface area contributed by atoms with Gasteiger partial charge in [0.15, 0.2) is 0 Å². The number of ether oxygens (including phenoxy) is 4. The molecule has 5 saturated carbocycles. The number of rotatable bonds is 2. The standard InChI is InChI=1S/C20H32O5.C20H30O5.CH4/c2*1-11(21)25-16-10-24-18-17-14(5-7-20(16,18)3)19(2)6-4-13(22)8-12(19)9-15(17)23;/h12-18,22-23H,4-10H2,1-3H3;9,13-18,22-23H,4-8,10H2,1-3H3;1H4/t12?,13-,14?,15-,16-,17?,18?,19-,20+;13-,14?,15-,16-,17?,18?,19-,20+;/m00./s1. The average Bonchev–Trinajstić information content (AvgIpc) is 3.54. The van der Waals surface area contributed by atoms with Gasteiger partial charge in [-0.2, -0.15) is 0 Å². The van der Waals surface area contributed by atoms with Gasteiger partial charge in [-0.25, -0.2) is 0 Å². The molecule has 10 nitrogen and oxygen atoms in total. The molecule has 2 aliphatic heterocycles. The smallest absolute Gasteiger partial charge is 0.303 e. The van der Waals surface area contributed by atoms with E-state index in [2.05, 4.69) is 27.7 Å². The predicted octanol–water partition coefficient (Wildman–Crippen LogP) is 5.12. The highest BCUT2D eigenvalue weighted by Gasteiger charge is 2.65. The first-order valence-corrected chi connectivity index (χ1v) is 19.5. The molecular weight excluding hydrogens is 652 g/mol. The van der Waals surface area contributed by atoms with Gasteiger partial charge in [-0.15, -0.1) is 0 Å². The largest absolute Gasteiger partial charge is 0.459 e. The molecule has 2 saturated heterocycles. The molecule has 0 aromatic heterocycles. The number of fused-ring (bicyclic) bond motifs is 10. The minimum atomic E-state index is -0.556. The molecule has 0 spiro atoms. The van der Waals surface area contributed by atoms with Gasteiger partial charge in [-0.1, -0.05) is 46.8 Å². The molecule has 51 heavy (non-hydrogen) atoms. The van der Waals surface area contributed by atoms with E-state index in [4.69, 9.17) is 18.9 Å². The summed E-state index contributed by atoms with van der Waals surface area (Å²) in [6.07, 6.45) is 9.84. The van der Waals surface area contributed by atoms with Crippen molar-refractivity contribution in [2.24, 2.45) is 51.2 Å². The number of aliphatic hydroxyl groups excluding tert-OH is 4. The zero-order valence-electron chi connectivity index (χ0n) is 31.0. The summed E-state index contributed by atoms with van der Waals surface area (Å²) >= 11 is 0. The van der Waals surface area contributed by atoms with Crippen molar-refractivity contribution in [2.45, 2.75) is 168 Å². The van der Waals surface area contributed by atoms with Crippen molar-refractivity contribution >= 4 is 11.9 Å². The fourth-order valence-corrected chi connectivity index (χ4v) is 13.0. The van der Waals surface area contributed by atoms with Crippen molar-refractivity contribution in [3.05, 3.63) is 11.6 Å². The number of carbonyl (C=O) groups is 2. The average molecular weight is 719 g/mol. The zero-order valence-corrected chi connectivity index (χ0v) is 31.0. The van der Waals surface area contributed by atoms with Gasteiger partial charge in [0.2, 0.25) is 0 Å². The van der Waals surface area contributed by atoms with Crippen molar-refractivity contribution in [2.75, 3.05) is 13.2 Å². The quantitative estimate of drug-likeness (QED) is 0.224. The van der Waals surface area contributed by atoms with Crippen LogP contribution < -0.4 is 0 Å². The van der Waals surface area contributed by atoms with Crippen molar-refractivity contribution in [1.82, 2.24) is 0 Å². The van der Waals surface area contributed by atoms with E-state index in [-0.39, 0.29) is 89.5 Å². The molecular formula is C41H66O10. The van der Waals surface area contributed by atoms with Crippen molar-refractivity contribution in [3.8, 4) is 0 Å². The van der Waals surface area contributed by atoms with Gasteiger partial charge in [-0.05, 0) is 99.2 Å². The molecule has 7 fully saturated rings. The molecule has 0 radical (unpaired) electrons. The fraction of sp³-hybridized carbons (Fsp3) is 0.902. The first-order chi connectivity index (χ1) is 23.5. The second kappa shape index (κ2) is 13.9. The molecule has 2 heterocycles. The SMILES string of the molecule is C.CC(=O)O[C@H]1COC2C3C(CC[C@@]21C)[C@@]1(C)CC[C@H](O)CC1=C[C@@H]3O.CC(=O)O[C@H]1COC2C3C(CC[C@@]21C)[C@@]1(C)CC[C@H](O)CC1C[C@@H]3O. The van der Waals surface area contributed by atoms with E-state index in [1.165, 1.54) is 19.4 Å². The zero-order chi connectivity index (χ0) is 36.0. The van der Waals surface area contributed by atoms with E-state index in [9.17, 15) is 30.0 Å². The number of carbonyl (C=O) groups excluding carboxylic acids is 2. The van der Waals surface area contributed by atoms with E-state index >= 15 is 0 Å². The van der Waals surface area contributed by atoms with Crippen LogP contribution >= 0.6 is 0 Å². The minimum absolute atomic E-state index is 0. The summed E-state index contributed by atoms with van der Waals surface area (Å²) in [5, 5.41) is 42.1. The molecule has 4 N–H and O–H groups in total. The number of aliphatic hydroxyl groups is 4. The summed E-state index contributed by atoms with van der Waals surface area (Å²) < 4.78 is 23.4. The van der Waals surface area contributed by atoms with Gasteiger partial charge in [0.1, 0.15) is 12.2 Å². The third-order valence-corrected chi connectivity index (χ3v) is 16.0. The summed E-state index contributed by atoms with van der Waals surface area (Å²) in [7, 11) is 0. The molecule has 0 bridgehead atoms. The van der Waals surface area contributed by atoms with E-state index in [1.807, 2.05) is 6.08 Å². The van der Waals surface area contributed by atoms with Crippen molar-refractivity contribution in [3.63, 3.8) is 0 Å². The Morgan fingerprint density at radius 1 is 0.706 bits per heavy atom. The first kappa shape index (κ1) is 39.1. The van der Waals surface area contributed by atoms with Crippen LogP contribution in [0.2, 0.25) is 0 Å². The van der Waals surface area contributed by atoms with Crippen LogP contribution in [0.15, 0.2) is 11.6 Å². The lowest BCUT2D eigenvalue weighted by molar-refractivity contribution is -0.192. The van der Waals surface area contributed by atoms with E-state index < -0.39 is 12.2 Å². The summed E-state index contributed by atoms with van der Waals surface area (Å²) in [5.41, 5.74) is 0.994. The molecule has 7 unspecified atom stereocenters. The monoisotopic (exact) mass is 718 g/mol. The second-order valence-electron chi connectivity index (χ2n) is 18.6. The third-order valence-electron chi connectivity index (χ3n) is 16.0. The van der Waals surface area contributed by atoms with Gasteiger partial charge in [0.05, 0.1) is 49.8 Å². The molecule has 8 rings (SSSR count). The van der Waals surface area contributed by atoms with Gasteiger partial charge in [0, 0.05) is 36.5 Å². The Labute approximate surface area is 305 Å². The van der Waals surface area contributed by atoms with Crippen LogP contribution in [0, 0.1) is 51.2 Å². The summed E-state index contributed by atoms with van der Waals surface area (Å²) in [6.45, 7) is 12.7. The van der Waals surface area contributed by atoms with E-state index in [0.29, 0.717) is 37.4 Å². The van der Waals surface area contributed by atoms with E-state index in [1.54, 1.807) is 0 Å². The van der Waals surface area contributed by atoms with Gasteiger partial charge >= 0.3 is 11.9 Å². The molecule has 0 aromatic rings. The van der Waals surface area contributed by atoms with Crippen LogP contribution in [0.5, 0.6) is 0 Å². The maximum atomic E-state index is 11.5. The van der Waals surface area contributed by atoms with Crippen LogP contribution in [0.4, 0.5) is 0 Å². The Kier molecular flexibility index (Phi) is 10.7. The topological polar surface area (TPSA) is 152 Å². The number of hydrogen-bond donors (Lipinski definition) is 4. The van der Waals surface area contributed by atoms with Crippen LogP contribution in [0.1, 0.15) is 120 Å². The van der Waals surface area contributed by atoms with Crippen LogP contribution in [-0.4, -0.2) is 94.4 Å². The Hall–Kier alpha value is -1.56. The molecule has 290 valence electrons. The molecule has 6 aliphatic carbocycles. The maximum absolute atomic E-state index is 11.5. The Bertz CT molecular complexity index is 1350. The summed E-state index contributed by atoms with van der Waals surface area (Å²) in [4.78, 5) is 23.0. The highest BCUT2D eigenvalue weighted by molar-refractivity contribution is 5.66. The summed E-state index contributed by atoms with van der Waals surface area (Å²) in [5.74, 6) is 0.779. The predicted molar refractivity (Wildman–Crippen MR) is 190 cm³/mol. The Morgan fingerprint density at radius 2 is 1.24 bits per heavy atom.